The highest BCUT2D eigenvalue weighted by atomic mass is 32.1. The van der Waals surface area contributed by atoms with Gasteiger partial charge in [0.1, 0.15) is 5.75 Å². The molecule has 0 unspecified atom stereocenters. The van der Waals surface area contributed by atoms with Crippen LogP contribution < -0.4 is 5.32 Å². The molecule has 92 valence electrons. The van der Waals surface area contributed by atoms with Crippen LogP contribution in [-0.4, -0.2) is 19.7 Å². The van der Waals surface area contributed by atoms with Gasteiger partial charge in [0, 0.05) is 6.54 Å². The van der Waals surface area contributed by atoms with Crippen LogP contribution in [0.15, 0.2) is 30.5 Å². The lowest BCUT2D eigenvalue weighted by molar-refractivity contribution is 0.474. The lowest BCUT2D eigenvalue weighted by Gasteiger charge is -2.02. The summed E-state index contributed by atoms with van der Waals surface area (Å²) in [4.78, 5) is 5.22. The van der Waals surface area contributed by atoms with Crippen molar-refractivity contribution in [2.24, 2.45) is 0 Å². The first-order valence-electron chi connectivity index (χ1n) is 5.55. The molecule has 3 rings (SSSR count). The van der Waals surface area contributed by atoms with Crippen molar-refractivity contribution >= 4 is 21.4 Å². The fourth-order valence-corrected chi connectivity index (χ4v) is 2.55. The van der Waals surface area contributed by atoms with Crippen molar-refractivity contribution in [2.75, 3.05) is 5.32 Å². The summed E-state index contributed by atoms with van der Waals surface area (Å²) >= 11 is 1.51. The smallest absolute Gasteiger partial charge is 0.214 e. The predicted octanol–water partition coefficient (Wildman–Crippen LogP) is 2.42. The van der Waals surface area contributed by atoms with E-state index in [1.165, 1.54) is 11.3 Å². The van der Waals surface area contributed by atoms with Crippen molar-refractivity contribution in [2.45, 2.75) is 13.5 Å². The van der Waals surface area contributed by atoms with Gasteiger partial charge in [-0.3, -0.25) is 0 Å². The maximum absolute atomic E-state index is 9.37. The normalized spacial score (nSPS) is 10.9. The van der Waals surface area contributed by atoms with E-state index in [0.29, 0.717) is 6.54 Å². The summed E-state index contributed by atoms with van der Waals surface area (Å²) in [6.07, 6.45) is 1.89. The van der Waals surface area contributed by atoms with Gasteiger partial charge in [-0.15, -0.1) is 5.10 Å². The summed E-state index contributed by atoms with van der Waals surface area (Å²) in [5.74, 6) is 0.277. The maximum atomic E-state index is 9.37. The van der Waals surface area contributed by atoms with Crippen LogP contribution in [0.1, 0.15) is 11.3 Å². The molecule has 0 aliphatic carbocycles. The standard InChI is InChI=1S/C12H12N4OS/c1-8-7-16-12(14-8)18-11(15-16)13-6-9-3-2-4-10(17)5-9/h2-5,7,17H,6H2,1H3,(H,13,15). The molecule has 6 heteroatoms. The number of anilines is 1. The van der Waals surface area contributed by atoms with Gasteiger partial charge in [-0.05, 0) is 24.6 Å². The van der Waals surface area contributed by atoms with Crippen molar-refractivity contribution < 1.29 is 5.11 Å². The van der Waals surface area contributed by atoms with E-state index in [9.17, 15) is 5.11 Å². The summed E-state index contributed by atoms with van der Waals surface area (Å²) < 4.78 is 1.77. The molecule has 2 heterocycles. The number of rotatable bonds is 3. The number of fused-ring (bicyclic) bond motifs is 1. The average molecular weight is 260 g/mol. The van der Waals surface area contributed by atoms with Crippen LogP contribution in [0.25, 0.3) is 4.96 Å². The van der Waals surface area contributed by atoms with Crippen LogP contribution in [0.5, 0.6) is 5.75 Å². The number of hydrogen-bond donors (Lipinski definition) is 2. The van der Waals surface area contributed by atoms with E-state index in [0.717, 1.165) is 21.3 Å². The third-order valence-electron chi connectivity index (χ3n) is 2.52. The molecule has 0 spiro atoms. The molecule has 1 aromatic carbocycles. The van der Waals surface area contributed by atoms with Crippen LogP contribution in [0.4, 0.5) is 5.13 Å². The molecule has 0 bridgehead atoms. The van der Waals surface area contributed by atoms with Crippen molar-refractivity contribution in [3.8, 4) is 5.75 Å². The molecule has 3 aromatic rings. The number of benzene rings is 1. The zero-order valence-corrected chi connectivity index (χ0v) is 10.6. The Balaban J connectivity index is 1.74. The monoisotopic (exact) mass is 260 g/mol. The Morgan fingerprint density at radius 1 is 1.44 bits per heavy atom. The van der Waals surface area contributed by atoms with Crippen LogP contribution in [-0.2, 0) is 6.54 Å². The first-order valence-corrected chi connectivity index (χ1v) is 6.37. The second kappa shape index (κ2) is 4.30. The third-order valence-corrected chi connectivity index (χ3v) is 3.40. The number of phenolic OH excluding ortho intramolecular Hbond substituents is 1. The van der Waals surface area contributed by atoms with Crippen LogP contribution in [0.3, 0.4) is 0 Å². The van der Waals surface area contributed by atoms with Gasteiger partial charge in [0.15, 0.2) is 0 Å². The molecule has 0 amide bonds. The first-order chi connectivity index (χ1) is 8.70. The van der Waals surface area contributed by atoms with Crippen molar-refractivity contribution in [1.29, 1.82) is 0 Å². The molecule has 2 aromatic heterocycles. The van der Waals surface area contributed by atoms with Crippen LogP contribution in [0, 0.1) is 6.92 Å². The second-order valence-corrected chi connectivity index (χ2v) is 5.00. The Kier molecular flexibility index (Phi) is 2.64. The number of imidazole rings is 1. The minimum absolute atomic E-state index is 0.277. The number of nitrogens with one attached hydrogen (secondary N) is 1. The quantitative estimate of drug-likeness (QED) is 0.759. The van der Waals surface area contributed by atoms with Gasteiger partial charge in [0.05, 0.1) is 11.9 Å². The van der Waals surface area contributed by atoms with Gasteiger partial charge in [0.2, 0.25) is 10.1 Å². The highest BCUT2D eigenvalue weighted by Gasteiger charge is 2.05. The van der Waals surface area contributed by atoms with E-state index >= 15 is 0 Å². The summed E-state index contributed by atoms with van der Waals surface area (Å²) in [6, 6.07) is 7.17. The van der Waals surface area contributed by atoms with Gasteiger partial charge < -0.3 is 10.4 Å². The zero-order valence-electron chi connectivity index (χ0n) is 9.79. The molecular formula is C12H12N4OS. The molecular weight excluding hydrogens is 248 g/mol. The van der Waals surface area contributed by atoms with Crippen LogP contribution in [0.2, 0.25) is 0 Å². The zero-order chi connectivity index (χ0) is 12.5. The molecule has 0 saturated carbocycles. The molecule has 5 nitrogen and oxygen atoms in total. The first kappa shape index (κ1) is 11.0. The molecule has 0 radical (unpaired) electrons. The third kappa shape index (κ3) is 2.14. The number of hydrogen-bond acceptors (Lipinski definition) is 5. The predicted molar refractivity (Wildman–Crippen MR) is 71.0 cm³/mol. The van der Waals surface area contributed by atoms with Gasteiger partial charge in [-0.1, -0.05) is 23.5 Å². The Bertz CT molecular complexity index is 657. The van der Waals surface area contributed by atoms with E-state index in [1.54, 1.807) is 16.6 Å². The molecule has 0 saturated heterocycles. The summed E-state index contributed by atoms with van der Waals surface area (Å²) in [6.45, 7) is 2.57. The lowest BCUT2D eigenvalue weighted by atomic mass is 10.2. The Hall–Kier alpha value is -2.08. The Labute approximate surface area is 108 Å². The van der Waals surface area contributed by atoms with E-state index < -0.39 is 0 Å². The highest BCUT2D eigenvalue weighted by Crippen LogP contribution is 2.20. The van der Waals surface area contributed by atoms with Gasteiger partial charge in [-0.25, -0.2) is 9.50 Å². The summed E-state index contributed by atoms with van der Waals surface area (Å²) in [5, 5.41) is 17.8. The molecule has 2 N–H and O–H groups in total. The Morgan fingerprint density at radius 2 is 2.33 bits per heavy atom. The average Bonchev–Trinajstić information content (AvgIpc) is 2.83. The second-order valence-electron chi connectivity index (χ2n) is 4.04. The van der Waals surface area contributed by atoms with Gasteiger partial charge in [-0.2, -0.15) is 0 Å². The number of aryl methyl sites for hydroxylation is 1. The van der Waals surface area contributed by atoms with Crippen molar-refractivity contribution in [3.05, 3.63) is 41.7 Å². The largest absolute Gasteiger partial charge is 0.508 e. The van der Waals surface area contributed by atoms with Crippen LogP contribution >= 0.6 is 11.3 Å². The molecule has 18 heavy (non-hydrogen) atoms. The minimum Gasteiger partial charge on any atom is -0.508 e. The number of aromatic nitrogens is 3. The SMILES string of the molecule is Cc1cn2nc(NCc3cccc(O)c3)sc2n1. The fourth-order valence-electron chi connectivity index (χ4n) is 1.72. The van der Waals surface area contributed by atoms with E-state index in [1.807, 2.05) is 25.3 Å². The Morgan fingerprint density at radius 3 is 3.11 bits per heavy atom. The molecule has 0 atom stereocenters. The topological polar surface area (TPSA) is 62.5 Å². The number of phenols is 1. The van der Waals surface area contributed by atoms with E-state index in [4.69, 9.17) is 0 Å². The summed E-state index contributed by atoms with van der Waals surface area (Å²) in [7, 11) is 0. The number of nitrogens with zero attached hydrogens (tertiary/aromatic N) is 3. The van der Waals surface area contributed by atoms with E-state index in [-0.39, 0.29) is 5.75 Å². The summed E-state index contributed by atoms with van der Waals surface area (Å²) in [5.41, 5.74) is 1.98. The van der Waals surface area contributed by atoms with Gasteiger partial charge in [0.25, 0.3) is 0 Å². The minimum atomic E-state index is 0.277. The lowest BCUT2D eigenvalue weighted by Crippen LogP contribution is -1.99. The van der Waals surface area contributed by atoms with Gasteiger partial charge >= 0.3 is 0 Å². The maximum Gasteiger partial charge on any atom is 0.214 e. The molecule has 0 fully saturated rings. The van der Waals surface area contributed by atoms with Crippen molar-refractivity contribution in [1.82, 2.24) is 14.6 Å². The fraction of sp³-hybridized carbons (Fsp3) is 0.167. The van der Waals surface area contributed by atoms with Crippen molar-refractivity contribution in [3.63, 3.8) is 0 Å². The molecule has 0 aliphatic heterocycles. The number of aromatic hydroxyl groups is 1. The highest BCUT2D eigenvalue weighted by molar-refractivity contribution is 7.20. The molecule has 0 aliphatic rings. The van der Waals surface area contributed by atoms with E-state index in [2.05, 4.69) is 15.4 Å².